The molecule has 0 bridgehead atoms. The van der Waals surface area contributed by atoms with Crippen molar-refractivity contribution in [3.8, 4) is 0 Å². The standard InChI is InChI=1S/C12H21N3O/c1-3-11-5-4-9(2)15(11)8-12-6-10(7-13)14-16-12/h6,9,11H,3-5,7-8,13H2,1-2H3. The minimum atomic E-state index is 0.455. The van der Waals surface area contributed by atoms with Gasteiger partial charge in [0.25, 0.3) is 0 Å². The summed E-state index contributed by atoms with van der Waals surface area (Å²) >= 11 is 0. The van der Waals surface area contributed by atoms with E-state index in [9.17, 15) is 0 Å². The highest BCUT2D eigenvalue weighted by Crippen LogP contribution is 2.27. The first-order valence-corrected chi connectivity index (χ1v) is 6.14. The fourth-order valence-electron chi connectivity index (χ4n) is 2.56. The zero-order chi connectivity index (χ0) is 11.5. The van der Waals surface area contributed by atoms with Crippen LogP contribution in [-0.2, 0) is 13.1 Å². The first-order valence-electron chi connectivity index (χ1n) is 6.14. The van der Waals surface area contributed by atoms with Crippen LogP contribution in [0.25, 0.3) is 0 Å². The van der Waals surface area contributed by atoms with Crippen LogP contribution in [0, 0.1) is 0 Å². The molecule has 2 heterocycles. The summed E-state index contributed by atoms with van der Waals surface area (Å²) < 4.78 is 5.29. The van der Waals surface area contributed by atoms with Crippen LogP contribution in [0.4, 0.5) is 0 Å². The SMILES string of the molecule is CCC1CCC(C)N1Cc1cc(CN)no1. The lowest BCUT2D eigenvalue weighted by Crippen LogP contribution is -2.33. The molecule has 90 valence electrons. The molecule has 0 saturated carbocycles. The van der Waals surface area contributed by atoms with E-state index in [1.54, 1.807) is 0 Å². The third kappa shape index (κ3) is 2.28. The van der Waals surface area contributed by atoms with Crippen molar-refractivity contribution in [2.75, 3.05) is 0 Å². The van der Waals surface area contributed by atoms with Gasteiger partial charge in [-0.1, -0.05) is 12.1 Å². The van der Waals surface area contributed by atoms with Crippen LogP contribution in [-0.4, -0.2) is 22.1 Å². The van der Waals surface area contributed by atoms with Crippen molar-refractivity contribution in [2.24, 2.45) is 5.73 Å². The van der Waals surface area contributed by atoms with Crippen LogP contribution in [0.3, 0.4) is 0 Å². The Morgan fingerprint density at radius 2 is 2.38 bits per heavy atom. The van der Waals surface area contributed by atoms with Crippen LogP contribution in [0.15, 0.2) is 10.6 Å². The summed E-state index contributed by atoms with van der Waals surface area (Å²) in [5.74, 6) is 0.938. The van der Waals surface area contributed by atoms with Crippen molar-refractivity contribution in [3.63, 3.8) is 0 Å². The van der Waals surface area contributed by atoms with Gasteiger partial charge < -0.3 is 10.3 Å². The molecule has 1 fully saturated rings. The van der Waals surface area contributed by atoms with Crippen molar-refractivity contribution < 1.29 is 4.52 Å². The highest BCUT2D eigenvalue weighted by atomic mass is 16.5. The van der Waals surface area contributed by atoms with Crippen LogP contribution in [0.1, 0.15) is 44.6 Å². The van der Waals surface area contributed by atoms with Gasteiger partial charge in [-0.15, -0.1) is 0 Å². The molecule has 0 aliphatic carbocycles. The van der Waals surface area contributed by atoms with Gasteiger partial charge in [0.15, 0.2) is 5.76 Å². The molecule has 0 amide bonds. The summed E-state index contributed by atoms with van der Waals surface area (Å²) in [6, 6.07) is 3.32. The fraction of sp³-hybridized carbons (Fsp3) is 0.750. The molecule has 1 saturated heterocycles. The zero-order valence-corrected chi connectivity index (χ0v) is 10.1. The van der Waals surface area contributed by atoms with E-state index in [1.807, 2.05) is 6.07 Å². The van der Waals surface area contributed by atoms with E-state index in [1.165, 1.54) is 19.3 Å². The maximum Gasteiger partial charge on any atom is 0.151 e. The quantitative estimate of drug-likeness (QED) is 0.847. The molecule has 2 N–H and O–H groups in total. The molecule has 1 aliphatic rings. The van der Waals surface area contributed by atoms with E-state index < -0.39 is 0 Å². The molecular weight excluding hydrogens is 202 g/mol. The number of rotatable bonds is 4. The van der Waals surface area contributed by atoms with Gasteiger partial charge in [-0.25, -0.2) is 0 Å². The van der Waals surface area contributed by atoms with Gasteiger partial charge in [0.05, 0.1) is 12.2 Å². The van der Waals surface area contributed by atoms with Crippen molar-refractivity contribution in [3.05, 3.63) is 17.5 Å². The second-order valence-corrected chi connectivity index (χ2v) is 4.65. The third-order valence-electron chi connectivity index (χ3n) is 3.58. The predicted octanol–water partition coefficient (Wildman–Crippen LogP) is 1.90. The largest absolute Gasteiger partial charge is 0.360 e. The maximum absolute atomic E-state index is 5.52. The molecule has 2 atom stereocenters. The number of hydrogen-bond acceptors (Lipinski definition) is 4. The second-order valence-electron chi connectivity index (χ2n) is 4.65. The number of nitrogens with zero attached hydrogens (tertiary/aromatic N) is 2. The van der Waals surface area contributed by atoms with Gasteiger partial charge in [-0.05, 0) is 26.2 Å². The zero-order valence-electron chi connectivity index (χ0n) is 10.1. The summed E-state index contributed by atoms with van der Waals surface area (Å²) in [7, 11) is 0. The molecule has 0 spiro atoms. The Kier molecular flexibility index (Phi) is 3.61. The van der Waals surface area contributed by atoms with E-state index in [2.05, 4.69) is 23.9 Å². The predicted molar refractivity (Wildman–Crippen MR) is 62.7 cm³/mol. The molecule has 4 nitrogen and oxygen atoms in total. The summed E-state index contributed by atoms with van der Waals surface area (Å²) in [5.41, 5.74) is 6.36. The van der Waals surface area contributed by atoms with Crippen LogP contribution >= 0.6 is 0 Å². The summed E-state index contributed by atoms with van der Waals surface area (Å²) in [6.45, 7) is 5.86. The fourth-order valence-corrected chi connectivity index (χ4v) is 2.56. The average Bonchev–Trinajstić information content (AvgIpc) is 2.88. The van der Waals surface area contributed by atoms with Crippen molar-refractivity contribution >= 4 is 0 Å². The minimum Gasteiger partial charge on any atom is -0.360 e. The molecule has 4 heteroatoms. The lowest BCUT2D eigenvalue weighted by atomic mass is 10.1. The highest BCUT2D eigenvalue weighted by Gasteiger charge is 2.29. The highest BCUT2D eigenvalue weighted by molar-refractivity contribution is 5.05. The van der Waals surface area contributed by atoms with Gasteiger partial charge in [0.1, 0.15) is 0 Å². The number of hydrogen-bond donors (Lipinski definition) is 1. The molecule has 2 rings (SSSR count). The second kappa shape index (κ2) is 4.97. The Morgan fingerprint density at radius 1 is 1.56 bits per heavy atom. The topological polar surface area (TPSA) is 55.3 Å². The van der Waals surface area contributed by atoms with Gasteiger partial charge in [0, 0.05) is 24.7 Å². The molecule has 1 aliphatic heterocycles. The lowest BCUT2D eigenvalue weighted by Gasteiger charge is -2.26. The minimum absolute atomic E-state index is 0.455. The summed E-state index contributed by atoms with van der Waals surface area (Å²) in [6.07, 6.45) is 3.80. The molecule has 0 aromatic carbocycles. The summed E-state index contributed by atoms with van der Waals surface area (Å²) in [5, 5.41) is 3.93. The molecule has 2 unspecified atom stereocenters. The average molecular weight is 223 g/mol. The molecular formula is C12H21N3O. The number of likely N-dealkylation sites (tertiary alicyclic amines) is 1. The van der Waals surface area contributed by atoms with E-state index in [4.69, 9.17) is 10.3 Å². The first kappa shape index (κ1) is 11.6. The van der Waals surface area contributed by atoms with E-state index >= 15 is 0 Å². The Balaban J connectivity index is 2.02. The number of nitrogens with two attached hydrogens (primary N) is 1. The van der Waals surface area contributed by atoms with Crippen LogP contribution < -0.4 is 5.73 Å². The Hall–Kier alpha value is -0.870. The van der Waals surface area contributed by atoms with Gasteiger partial charge in [-0.3, -0.25) is 4.90 Å². The van der Waals surface area contributed by atoms with E-state index in [0.717, 1.165) is 18.0 Å². The van der Waals surface area contributed by atoms with Gasteiger partial charge >= 0.3 is 0 Å². The van der Waals surface area contributed by atoms with Crippen molar-refractivity contribution in [1.29, 1.82) is 0 Å². The first-order chi connectivity index (χ1) is 7.74. The van der Waals surface area contributed by atoms with Gasteiger partial charge in [0.2, 0.25) is 0 Å². The third-order valence-corrected chi connectivity index (χ3v) is 3.58. The normalized spacial score (nSPS) is 26.4. The monoisotopic (exact) mass is 223 g/mol. The van der Waals surface area contributed by atoms with Gasteiger partial charge in [-0.2, -0.15) is 0 Å². The molecule has 16 heavy (non-hydrogen) atoms. The van der Waals surface area contributed by atoms with Crippen molar-refractivity contribution in [1.82, 2.24) is 10.1 Å². The van der Waals surface area contributed by atoms with E-state index in [0.29, 0.717) is 18.6 Å². The Bertz CT molecular complexity index is 337. The van der Waals surface area contributed by atoms with E-state index in [-0.39, 0.29) is 0 Å². The lowest BCUT2D eigenvalue weighted by molar-refractivity contribution is 0.168. The maximum atomic E-state index is 5.52. The summed E-state index contributed by atoms with van der Waals surface area (Å²) in [4.78, 5) is 2.51. The molecule has 1 aromatic heterocycles. The Morgan fingerprint density at radius 3 is 3.00 bits per heavy atom. The van der Waals surface area contributed by atoms with Crippen LogP contribution in [0.2, 0.25) is 0 Å². The molecule has 1 aromatic rings. The van der Waals surface area contributed by atoms with Crippen LogP contribution in [0.5, 0.6) is 0 Å². The molecule has 0 radical (unpaired) electrons. The smallest absolute Gasteiger partial charge is 0.151 e. The number of aromatic nitrogens is 1. The Labute approximate surface area is 96.8 Å². The van der Waals surface area contributed by atoms with Crippen molar-refractivity contribution in [2.45, 2.75) is 58.3 Å².